The summed E-state index contributed by atoms with van der Waals surface area (Å²) in [5.74, 6) is -1.03. The monoisotopic (exact) mass is 490 g/mol. The molecule has 0 unspecified atom stereocenters. The predicted octanol–water partition coefficient (Wildman–Crippen LogP) is 4.74. The van der Waals surface area contributed by atoms with Gasteiger partial charge in [0.05, 0.1) is 16.4 Å². The molecule has 1 aromatic heterocycles. The van der Waals surface area contributed by atoms with Crippen LogP contribution < -0.4 is 5.32 Å². The molecule has 4 rings (SSSR count). The maximum Gasteiger partial charge on any atom is 0.294 e. The Kier molecular flexibility index (Phi) is 6.83. The van der Waals surface area contributed by atoms with E-state index in [9.17, 15) is 24.5 Å². The average molecular weight is 491 g/mol. The number of carbonyl (C=O) groups is 3. The van der Waals surface area contributed by atoms with Crippen LogP contribution in [0.1, 0.15) is 22.4 Å². The first-order valence-electron chi connectivity index (χ1n) is 10.7. The lowest BCUT2D eigenvalue weighted by Crippen LogP contribution is -2.36. The van der Waals surface area contributed by atoms with Gasteiger partial charge in [-0.3, -0.25) is 29.4 Å². The van der Waals surface area contributed by atoms with Crippen molar-refractivity contribution in [3.8, 4) is 0 Å². The molecule has 2 heterocycles. The van der Waals surface area contributed by atoms with Gasteiger partial charge in [0.1, 0.15) is 6.54 Å². The van der Waals surface area contributed by atoms with Crippen molar-refractivity contribution in [2.45, 2.75) is 20.4 Å². The van der Waals surface area contributed by atoms with Gasteiger partial charge in [0.2, 0.25) is 5.91 Å². The van der Waals surface area contributed by atoms with E-state index < -0.39 is 28.5 Å². The van der Waals surface area contributed by atoms with E-state index in [0.717, 1.165) is 27.8 Å². The fraction of sp³-hybridized carbons (Fsp3) is 0.160. The first-order valence-corrected chi connectivity index (χ1v) is 11.5. The third-order valence-electron chi connectivity index (χ3n) is 5.52. The van der Waals surface area contributed by atoms with Crippen molar-refractivity contribution in [3.05, 3.63) is 98.2 Å². The molecule has 10 heteroatoms. The molecule has 9 nitrogen and oxygen atoms in total. The number of nitro benzene ring substituents is 1. The van der Waals surface area contributed by atoms with Gasteiger partial charge < -0.3 is 9.88 Å². The molecule has 0 aliphatic carbocycles. The predicted molar refractivity (Wildman–Crippen MR) is 134 cm³/mol. The zero-order valence-electron chi connectivity index (χ0n) is 19.1. The van der Waals surface area contributed by atoms with Crippen molar-refractivity contribution in [1.29, 1.82) is 0 Å². The standard InChI is InChI=1S/C25H22N4O5S/c1-16-9-10-17(2)20(12-16)26-23(30)15-28-24(31)22(35-25(28)32)13-19-7-5-11-27(19)14-18-6-3-4-8-21(18)29(33)34/h3-13H,14-15H2,1-2H3,(H,26,30)/b22-13+. The Bertz CT molecular complexity index is 1380. The van der Waals surface area contributed by atoms with E-state index in [1.807, 2.05) is 32.0 Å². The molecular weight excluding hydrogens is 468 g/mol. The molecule has 1 N–H and O–H groups in total. The normalized spacial score (nSPS) is 14.6. The first kappa shape index (κ1) is 24.0. The minimum atomic E-state index is -0.561. The lowest BCUT2D eigenvalue weighted by atomic mass is 10.1. The molecule has 0 bridgehead atoms. The highest BCUT2D eigenvalue weighted by molar-refractivity contribution is 8.18. The van der Waals surface area contributed by atoms with Crippen LogP contribution in [-0.2, 0) is 16.1 Å². The van der Waals surface area contributed by atoms with Gasteiger partial charge >= 0.3 is 0 Å². The Morgan fingerprint density at radius 3 is 2.66 bits per heavy atom. The number of carbonyl (C=O) groups excluding carboxylic acids is 3. The van der Waals surface area contributed by atoms with E-state index in [-0.39, 0.29) is 17.1 Å². The Labute approximate surface area is 205 Å². The molecule has 3 aromatic rings. The number of benzene rings is 2. The van der Waals surface area contributed by atoms with Crippen LogP contribution in [0.3, 0.4) is 0 Å². The number of imide groups is 1. The summed E-state index contributed by atoms with van der Waals surface area (Å²) in [6, 6.07) is 15.6. The maximum atomic E-state index is 12.9. The van der Waals surface area contributed by atoms with Gasteiger partial charge in [-0.25, -0.2) is 0 Å². The summed E-state index contributed by atoms with van der Waals surface area (Å²) in [5, 5.41) is 13.6. The third-order valence-corrected chi connectivity index (χ3v) is 6.42. The second-order valence-electron chi connectivity index (χ2n) is 8.08. The maximum absolute atomic E-state index is 12.9. The summed E-state index contributed by atoms with van der Waals surface area (Å²) < 4.78 is 1.75. The second-order valence-corrected chi connectivity index (χ2v) is 9.07. The van der Waals surface area contributed by atoms with Gasteiger partial charge in [0.15, 0.2) is 0 Å². The van der Waals surface area contributed by atoms with E-state index in [0.29, 0.717) is 16.9 Å². The molecule has 1 aliphatic rings. The second kappa shape index (κ2) is 9.98. The van der Waals surface area contributed by atoms with Crippen molar-refractivity contribution >= 4 is 46.3 Å². The number of anilines is 1. The number of thioether (sulfide) groups is 1. The molecule has 1 saturated heterocycles. The Morgan fingerprint density at radius 1 is 1.11 bits per heavy atom. The summed E-state index contributed by atoms with van der Waals surface area (Å²) in [7, 11) is 0. The number of amides is 3. The quantitative estimate of drug-likeness (QED) is 0.291. The molecule has 0 atom stereocenters. The smallest absolute Gasteiger partial charge is 0.294 e. The van der Waals surface area contributed by atoms with Gasteiger partial charge in [0, 0.05) is 29.2 Å². The van der Waals surface area contributed by atoms with Gasteiger partial charge in [-0.2, -0.15) is 0 Å². The number of hydrogen-bond acceptors (Lipinski definition) is 6. The molecule has 1 fully saturated rings. The molecule has 1 aliphatic heterocycles. The van der Waals surface area contributed by atoms with E-state index in [1.54, 1.807) is 47.2 Å². The minimum absolute atomic E-state index is 0.00216. The molecule has 2 aromatic carbocycles. The number of para-hydroxylation sites is 1. The number of nitrogens with zero attached hydrogens (tertiary/aromatic N) is 3. The van der Waals surface area contributed by atoms with Crippen molar-refractivity contribution < 1.29 is 19.3 Å². The summed E-state index contributed by atoms with van der Waals surface area (Å²) in [4.78, 5) is 49.9. The lowest BCUT2D eigenvalue weighted by molar-refractivity contribution is -0.385. The van der Waals surface area contributed by atoms with Gasteiger partial charge in [-0.05, 0) is 61.0 Å². The van der Waals surface area contributed by atoms with Crippen LogP contribution in [0.5, 0.6) is 0 Å². The van der Waals surface area contributed by atoms with E-state index >= 15 is 0 Å². The number of nitro groups is 1. The lowest BCUT2D eigenvalue weighted by Gasteiger charge is -2.14. The average Bonchev–Trinajstić information content (AvgIpc) is 3.35. The highest BCUT2D eigenvalue weighted by Gasteiger charge is 2.36. The summed E-state index contributed by atoms with van der Waals surface area (Å²) in [5.41, 5.74) is 3.60. The van der Waals surface area contributed by atoms with E-state index in [2.05, 4.69) is 5.32 Å². The van der Waals surface area contributed by atoms with Crippen molar-refractivity contribution in [2.75, 3.05) is 11.9 Å². The number of nitrogens with one attached hydrogen (secondary N) is 1. The minimum Gasteiger partial charge on any atom is -0.343 e. The number of aromatic nitrogens is 1. The highest BCUT2D eigenvalue weighted by atomic mass is 32.2. The summed E-state index contributed by atoms with van der Waals surface area (Å²) >= 11 is 0.754. The Balaban J connectivity index is 1.49. The zero-order valence-corrected chi connectivity index (χ0v) is 19.9. The van der Waals surface area contributed by atoms with Crippen molar-refractivity contribution in [1.82, 2.24) is 9.47 Å². The SMILES string of the molecule is Cc1ccc(C)c(NC(=O)CN2C(=O)S/C(=C/c3cccn3Cc3ccccc3[N+](=O)[O-])C2=O)c1. The van der Waals surface area contributed by atoms with Crippen molar-refractivity contribution in [3.63, 3.8) is 0 Å². The molecule has 178 valence electrons. The highest BCUT2D eigenvalue weighted by Crippen LogP contribution is 2.32. The summed E-state index contributed by atoms with van der Waals surface area (Å²) in [6.45, 7) is 3.59. The Morgan fingerprint density at radius 2 is 1.89 bits per heavy atom. The molecule has 0 radical (unpaired) electrons. The fourth-order valence-corrected chi connectivity index (χ4v) is 4.51. The van der Waals surface area contributed by atoms with Crippen LogP contribution in [0.2, 0.25) is 0 Å². The Hall–Kier alpha value is -4.18. The van der Waals surface area contributed by atoms with E-state index in [4.69, 9.17) is 0 Å². The number of rotatable bonds is 7. The largest absolute Gasteiger partial charge is 0.343 e. The summed E-state index contributed by atoms with van der Waals surface area (Å²) in [6.07, 6.45) is 3.30. The molecule has 0 spiro atoms. The van der Waals surface area contributed by atoms with Gasteiger partial charge in [-0.1, -0.05) is 30.3 Å². The van der Waals surface area contributed by atoms with Crippen LogP contribution in [0.25, 0.3) is 6.08 Å². The molecular formula is C25H22N4O5S. The number of aryl methyl sites for hydroxylation is 2. The van der Waals surface area contributed by atoms with Gasteiger partial charge in [0.25, 0.3) is 16.8 Å². The van der Waals surface area contributed by atoms with Crippen LogP contribution in [0.15, 0.2) is 65.7 Å². The first-order chi connectivity index (χ1) is 16.7. The van der Waals surface area contributed by atoms with E-state index in [1.165, 1.54) is 6.07 Å². The van der Waals surface area contributed by atoms with Crippen molar-refractivity contribution in [2.24, 2.45) is 0 Å². The number of hydrogen-bond donors (Lipinski definition) is 1. The van der Waals surface area contributed by atoms with Crippen LogP contribution in [-0.4, -0.2) is 38.0 Å². The molecule has 35 heavy (non-hydrogen) atoms. The molecule has 3 amide bonds. The third kappa shape index (κ3) is 5.33. The zero-order chi connectivity index (χ0) is 25.1. The van der Waals surface area contributed by atoms with Crippen LogP contribution in [0, 0.1) is 24.0 Å². The molecule has 0 saturated carbocycles. The van der Waals surface area contributed by atoms with Gasteiger partial charge in [-0.15, -0.1) is 0 Å². The van der Waals surface area contributed by atoms with Crippen LogP contribution in [0.4, 0.5) is 16.2 Å². The fourth-order valence-electron chi connectivity index (χ4n) is 3.68. The van der Waals surface area contributed by atoms with Crippen LogP contribution >= 0.6 is 11.8 Å². The topological polar surface area (TPSA) is 115 Å².